The van der Waals surface area contributed by atoms with Crippen molar-refractivity contribution in [1.82, 2.24) is 0 Å². The number of aliphatic hydroxyl groups excluding tert-OH is 4. The number of cyclic esters (lactones) is 1. The Morgan fingerprint density at radius 2 is 1.67 bits per heavy atom. The molecule has 6 rings (SSSR count). The molecule has 10 nitrogen and oxygen atoms in total. The predicted octanol–water partition coefficient (Wildman–Crippen LogP) is 0.542. The molecule has 0 spiro atoms. The lowest BCUT2D eigenvalue weighted by Crippen LogP contribution is -2.71. The summed E-state index contributed by atoms with van der Waals surface area (Å²) in [6.07, 6.45) is -1.39. The van der Waals surface area contributed by atoms with Crippen molar-refractivity contribution in [3.8, 4) is 0 Å². The summed E-state index contributed by atoms with van der Waals surface area (Å²) < 4.78 is 16.9. The number of aliphatic hydroxyl groups is 6. The van der Waals surface area contributed by atoms with Crippen molar-refractivity contribution < 1.29 is 49.6 Å². The molecule has 0 bridgehead atoms. The maximum Gasteiger partial charge on any atom is 0.331 e. The zero-order valence-electron chi connectivity index (χ0n) is 23.0. The molecule has 2 heterocycles. The van der Waals surface area contributed by atoms with Gasteiger partial charge in [0.2, 0.25) is 0 Å². The Bertz CT molecular complexity index is 1030. The number of fused-ring (bicyclic) bond motifs is 5. The van der Waals surface area contributed by atoms with Gasteiger partial charge in [0.1, 0.15) is 24.9 Å². The highest BCUT2D eigenvalue weighted by molar-refractivity contribution is 5.85. The molecule has 0 unspecified atom stereocenters. The molecule has 4 saturated carbocycles. The Kier molecular flexibility index (Phi) is 6.61. The summed E-state index contributed by atoms with van der Waals surface area (Å²) in [6, 6.07) is 0. The van der Waals surface area contributed by atoms with E-state index in [1.165, 1.54) is 0 Å². The van der Waals surface area contributed by atoms with Gasteiger partial charge in [0.05, 0.1) is 29.5 Å². The largest absolute Gasteiger partial charge is 0.458 e. The van der Waals surface area contributed by atoms with Crippen LogP contribution < -0.4 is 0 Å². The van der Waals surface area contributed by atoms with Crippen molar-refractivity contribution >= 4 is 5.97 Å². The van der Waals surface area contributed by atoms with E-state index < -0.39 is 64.9 Å². The Hall–Kier alpha value is -1.11. The molecule has 0 aromatic heterocycles. The van der Waals surface area contributed by atoms with E-state index in [9.17, 15) is 35.4 Å². The molecule has 0 aromatic carbocycles. The molecule has 39 heavy (non-hydrogen) atoms. The fourth-order valence-corrected chi connectivity index (χ4v) is 9.89. The molecule has 2 aliphatic heterocycles. The van der Waals surface area contributed by atoms with Gasteiger partial charge in [-0.3, -0.25) is 0 Å². The van der Waals surface area contributed by atoms with Gasteiger partial charge in [0.25, 0.3) is 0 Å². The SMILES string of the molecule is C[C@H]1O[C@@H](O[C@H]2CC[C@@]3(C)[C@H]4[C@H](O)C[C@@]5(C)[C@H](C6=CC(=O)OC6)CC[C@@]5(O)[C@@H]4CC[C@@]3(O)C2)[C@H](O)[C@H](O)[C@H]1O. The third-order valence-electron chi connectivity index (χ3n) is 12.2. The summed E-state index contributed by atoms with van der Waals surface area (Å²) in [5.41, 5.74) is -2.54. The van der Waals surface area contributed by atoms with Crippen molar-refractivity contribution in [1.29, 1.82) is 0 Å². The lowest BCUT2D eigenvalue weighted by molar-refractivity contribution is -0.323. The minimum absolute atomic E-state index is 0.0412. The first-order valence-electron chi connectivity index (χ1n) is 14.6. The van der Waals surface area contributed by atoms with Crippen molar-refractivity contribution in [2.75, 3.05) is 6.61 Å². The van der Waals surface area contributed by atoms with Crippen LogP contribution in [-0.4, -0.2) is 97.3 Å². The molecule has 4 aliphatic carbocycles. The predicted molar refractivity (Wildman–Crippen MR) is 136 cm³/mol. The van der Waals surface area contributed by atoms with E-state index >= 15 is 0 Å². The maximum absolute atomic E-state index is 12.4. The monoisotopic (exact) mass is 552 g/mol. The first kappa shape index (κ1) is 28.0. The maximum atomic E-state index is 12.4. The summed E-state index contributed by atoms with van der Waals surface area (Å²) in [6.45, 7) is 5.92. The van der Waals surface area contributed by atoms with Crippen LogP contribution in [0.15, 0.2) is 11.6 Å². The Morgan fingerprint density at radius 1 is 0.923 bits per heavy atom. The van der Waals surface area contributed by atoms with Crippen molar-refractivity contribution in [2.45, 2.75) is 126 Å². The number of rotatable bonds is 3. The minimum Gasteiger partial charge on any atom is -0.458 e. The molecular weight excluding hydrogens is 508 g/mol. The highest BCUT2D eigenvalue weighted by atomic mass is 16.7. The van der Waals surface area contributed by atoms with E-state index in [0.29, 0.717) is 38.5 Å². The topological polar surface area (TPSA) is 166 Å². The molecule has 6 N–H and O–H groups in total. The number of esters is 1. The number of hydrogen-bond acceptors (Lipinski definition) is 10. The summed E-state index contributed by atoms with van der Waals surface area (Å²) in [7, 11) is 0. The molecule has 10 heteroatoms. The number of hydrogen-bond donors (Lipinski definition) is 6. The molecule has 0 radical (unpaired) electrons. The van der Waals surface area contributed by atoms with Gasteiger partial charge in [-0.2, -0.15) is 0 Å². The Balaban J connectivity index is 1.22. The van der Waals surface area contributed by atoms with Crippen LogP contribution in [0.4, 0.5) is 0 Å². The van der Waals surface area contributed by atoms with Gasteiger partial charge in [0.15, 0.2) is 6.29 Å². The van der Waals surface area contributed by atoms with Crippen LogP contribution in [0.1, 0.15) is 72.1 Å². The molecule has 220 valence electrons. The second kappa shape index (κ2) is 9.19. The van der Waals surface area contributed by atoms with Gasteiger partial charge in [-0.1, -0.05) is 13.8 Å². The summed E-state index contributed by atoms with van der Waals surface area (Å²) in [5.74, 6) is -0.893. The van der Waals surface area contributed by atoms with Gasteiger partial charge >= 0.3 is 5.97 Å². The van der Waals surface area contributed by atoms with Crippen LogP contribution in [0, 0.1) is 28.6 Å². The lowest BCUT2D eigenvalue weighted by atomic mass is 9.41. The van der Waals surface area contributed by atoms with Crippen LogP contribution in [-0.2, 0) is 19.0 Å². The second-order valence-electron chi connectivity index (χ2n) is 13.8. The zero-order valence-corrected chi connectivity index (χ0v) is 23.0. The van der Waals surface area contributed by atoms with Gasteiger partial charge in [0, 0.05) is 23.3 Å². The zero-order chi connectivity index (χ0) is 28.1. The van der Waals surface area contributed by atoms with Gasteiger partial charge in [-0.25, -0.2) is 4.79 Å². The lowest BCUT2D eigenvalue weighted by Gasteiger charge is -2.67. The van der Waals surface area contributed by atoms with E-state index in [1.54, 1.807) is 13.0 Å². The first-order chi connectivity index (χ1) is 18.2. The van der Waals surface area contributed by atoms with Crippen LogP contribution >= 0.6 is 0 Å². The van der Waals surface area contributed by atoms with Crippen molar-refractivity contribution in [3.63, 3.8) is 0 Å². The first-order valence-corrected chi connectivity index (χ1v) is 14.6. The average molecular weight is 553 g/mol. The Morgan fingerprint density at radius 3 is 2.36 bits per heavy atom. The van der Waals surface area contributed by atoms with Crippen LogP contribution in [0.25, 0.3) is 0 Å². The molecule has 14 atom stereocenters. The molecule has 0 aromatic rings. The smallest absolute Gasteiger partial charge is 0.331 e. The molecular formula is C29H44O10. The highest BCUT2D eigenvalue weighted by Crippen LogP contribution is 2.70. The fourth-order valence-electron chi connectivity index (χ4n) is 9.89. The summed E-state index contributed by atoms with van der Waals surface area (Å²) in [4.78, 5) is 11.8. The number of carbonyl (C=O) groups is 1. The van der Waals surface area contributed by atoms with Gasteiger partial charge in [-0.05, 0) is 75.2 Å². The van der Waals surface area contributed by atoms with E-state index in [1.807, 2.05) is 13.8 Å². The summed E-state index contributed by atoms with van der Waals surface area (Å²) >= 11 is 0. The standard InChI is InChI=1S/C29H44O10/c1-14-22(32)23(33)24(34)25(38-14)39-16-4-7-26(2)21-18(5-8-28(26,35)11-16)29(36)9-6-17(15-10-20(31)37-13-15)27(29,3)12-19(21)30/h10,14,16-19,21-25,30,32-36H,4-9,11-13H2,1-3H3/t14-,16+,17+,18-,19-,21-,22+,23-,24-,25+,26+,27+,28-,29-/m1/s1. The molecule has 5 fully saturated rings. The van der Waals surface area contributed by atoms with Crippen LogP contribution in [0.3, 0.4) is 0 Å². The van der Waals surface area contributed by atoms with E-state index in [0.717, 1.165) is 12.0 Å². The van der Waals surface area contributed by atoms with Crippen molar-refractivity contribution in [3.05, 3.63) is 11.6 Å². The minimum atomic E-state index is -1.41. The normalized spacial score (nSPS) is 57.3. The Labute approximate surface area is 229 Å². The molecule has 0 amide bonds. The third-order valence-corrected chi connectivity index (χ3v) is 12.2. The van der Waals surface area contributed by atoms with Crippen LogP contribution in [0.5, 0.6) is 0 Å². The summed E-state index contributed by atoms with van der Waals surface area (Å²) in [5, 5.41) is 66.9. The molecule has 1 saturated heterocycles. The van der Waals surface area contributed by atoms with Gasteiger partial charge < -0.3 is 44.8 Å². The van der Waals surface area contributed by atoms with E-state index in [-0.39, 0.29) is 36.8 Å². The number of carbonyl (C=O) groups excluding carboxylic acids is 1. The average Bonchev–Trinajstić information content (AvgIpc) is 3.41. The quantitative estimate of drug-likeness (QED) is 0.215. The third kappa shape index (κ3) is 3.86. The molecule has 6 aliphatic rings. The van der Waals surface area contributed by atoms with Gasteiger partial charge in [-0.15, -0.1) is 0 Å². The van der Waals surface area contributed by atoms with Crippen LogP contribution in [0.2, 0.25) is 0 Å². The highest BCUT2D eigenvalue weighted by Gasteiger charge is 2.72. The second-order valence-corrected chi connectivity index (χ2v) is 13.8. The van der Waals surface area contributed by atoms with E-state index in [2.05, 4.69) is 0 Å². The van der Waals surface area contributed by atoms with Crippen molar-refractivity contribution in [2.24, 2.45) is 28.6 Å². The number of ether oxygens (including phenoxy) is 3. The van der Waals surface area contributed by atoms with E-state index in [4.69, 9.17) is 14.2 Å². The fraction of sp³-hybridized carbons (Fsp3) is 0.897.